The van der Waals surface area contributed by atoms with E-state index in [1.54, 1.807) is 12.2 Å². The van der Waals surface area contributed by atoms with Crippen molar-refractivity contribution in [2.75, 3.05) is 7.11 Å². The van der Waals surface area contributed by atoms with Gasteiger partial charge < -0.3 is 14.6 Å². The van der Waals surface area contributed by atoms with Crippen molar-refractivity contribution >= 4 is 33.7 Å². The molecule has 1 aliphatic carbocycles. The quantitative estimate of drug-likeness (QED) is 0.234. The Labute approximate surface area is 187 Å². The highest BCUT2D eigenvalue weighted by atomic mass is 79.9. The molecule has 168 valence electrons. The van der Waals surface area contributed by atoms with Gasteiger partial charge in [0.25, 0.3) is 0 Å². The van der Waals surface area contributed by atoms with Crippen LogP contribution in [0.15, 0.2) is 34.9 Å². The molecule has 0 aromatic heterocycles. The molecule has 0 spiro atoms. The van der Waals surface area contributed by atoms with Crippen LogP contribution in [0.3, 0.4) is 0 Å². The molecule has 3 atom stereocenters. The van der Waals surface area contributed by atoms with Gasteiger partial charge >= 0.3 is 11.9 Å². The molecular formula is C23H33BrO6. The fourth-order valence-corrected chi connectivity index (χ4v) is 4.03. The molecule has 1 rings (SSSR count). The summed E-state index contributed by atoms with van der Waals surface area (Å²) in [5.74, 6) is -2.07. The fourth-order valence-electron chi connectivity index (χ4n) is 3.38. The van der Waals surface area contributed by atoms with E-state index in [0.717, 1.165) is 25.7 Å². The van der Waals surface area contributed by atoms with Crippen molar-refractivity contribution in [3.05, 3.63) is 34.9 Å². The zero-order valence-electron chi connectivity index (χ0n) is 18.1. The third-order valence-corrected chi connectivity index (χ3v) is 5.57. The Bertz CT molecular complexity index is 681. The molecule has 0 saturated heterocycles. The topological polar surface area (TPSA) is 89.9 Å². The van der Waals surface area contributed by atoms with Gasteiger partial charge in [-0.3, -0.25) is 14.4 Å². The number of ether oxygens (including phenoxy) is 2. The Balaban J connectivity index is 2.88. The van der Waals surface area contributed by atoms with E-state index in [2.05, 4.69) is 27.6 Å². The van der Waals surface area contributed by atoms with E-state index in [-0.39, 0.29) is 29.1 Å². The van der Waals surface area contributed by atoms with Crippen molar-refractivity contribution in [1.29, 1.82) is 0 Å². The van der Waals surface area contributed by atoms with Crippen molar-refractivity contribution in [2.24, 2.45) is 5.92 Å². The second-order valence-electron chi connectivity index (χ2n) is 7.47. The molecule has 0 amide bonds. The van der Waals surface area contributed by atoms with E-state index in [0.29, 0.717) is 12.8 Å². The van der Waals surface area contributed by atoms with Gasteiger partial charge in [-0.2, -0.15) is 0 Å². The standard InChI is InChI=1S/C23H33BrO6/c1-4-5-6-7-8-12-15-23(28)16-18(24)22(27)21(23)19(30-17(2)25)13-10-9-11-14-20(26)29-3/h8,10,12-13,16,19,21,28H,4-7,9,11,14-15H2,1-3H3/t19-,21-,23+/m0/s1. The van der Waals surface area contributed by atoms with Crippen LogP contribution in [0.25, 0.3) is 0 Å². The van der Waals surface area contributed by atoms with Gasteiger partial charge in [-0.15, -0.1) is 0 Å². The molecular weight excluding hydrogens is 452 g/mol. The van der Waals surface area contributed by atoms with Crippen LogP contribution in [0.5, 0.6) is 0 Å². The average molecular weight is 485 g/mol. The van der Waals surface area contributed by atoms with Crippen LogP contribution in [0, 0.1) is 5.92 Å². The molecule has 0 fully saturated rings. The zero-order valence-corrected chi connectivity index (χ0v) is 19.7. The first kappa shape index (κ1) is 26.3. The number of halogens is 1. The summed E-state index contributed by atoms with van der Waals surface area (Å²) in [6.07, 6.45) is 13.8. The van der Waals surface area contributed by atoms with Gasteiger partial charge in [0.1, 0.15) is 11.7 Å². The number of methoxy groups -OCH3 is 1. The highest BCUT2D eigenvalue weighted by Gasteiger charge is 2.50. The van der Waals surface area contributed by atoms with Gasteiger partial charge in [0.05, 0.1) is 17.5 Å². The lowest BCUT2D eigenvalue weighted by Gasteiger charge is -2.31. The van der Waals surface area contributed by atoms with E-state index in [1.807, 2.05) is 12.2 Å². The number of carbonyl (C=O) groups excluding carboxylic acids is 3. The minimum absolute atomic E-state index is 0.249. The lowest BCUT2D eigenvalue weighted by Crippen LogP contribution is -2.44. The summed E-state index contributed by atoms with van der Waals surface area (Å²) in [5, 5.41) is 11.2. The van der Waals surface area contributed by atoms with Crippen LogP contribution in [-0.2, 0) is 23.9 Å². The van der Waals surface area contributed by atoms with Gasteiger partial charge in [0.2, 0.25) is 0 Å². The molecule has 7 heteroatoms. The van der Waals surface area contributed by atoms with Crippen molar-refractivity contribution in [3.8, 4) is 0 Å². The molecule has 1 aliphatic rings. The van der Waals surface area contributed by atoms with E-state index in [4.69, 9.17) is 4.74 Å². The number of hydrogen-bond acceptors (Lipinski definition) is 6. The maximum Gasteiger partial charge on any atom is 0.305 e. The van der Waals surface area contributed by atoms with Crippen LogP contribution in [0.1, 0.15) is 65.2 Å². The van der Waals surface area contributed by atoms with Crippen molar-refractivity contribution in [1.82, 2.24) is 0 Å². The van der Waals surface area contributed by atoms with Crippen LogP contribution >= 0.6 is 15.9 Å². The van der Waals surface area contributed by atoms with Gasteiger partial charge in [-0.25, -0.2) is 0 Å². The molecule has 0 aromatic rings. The Morgan fingerprint density at radius 1 is 1.23 bits per heavy atom. The Kier molecular flexibility index (Phi) is 11.9. The highest BCUT2D eigenvalue weighted by Crippen LogP contribution is 2.40. The van der Waals surface area contributed by atoms with Crippen LogP contribution in [-0.4, -0.2) is 41.6 Å². The molecule has 30 heavy (non-hydrogen) atoms. The smallest absolute Gasteiger partial charge is 0.305 e. The summed E-state index contributed by atoms with van der Waals surface area (Å²) in [4.78, 5) is 35.6. The van der Waals surface area contributed by atoms with Crippen LogP contribution < -0.4 is 0 Å². The summed E-state index contributed by atoms with van der Waals surface area (Å²) in [6.45, 7) is 3.41. The first-order chi connectivity index (χ1) is 14.2. The number of allylic oxidation sites excluding steroid dienone is 3. The summed E-state index contributed by atoms with van der Waals surface area (Å²) < 4.78 is 10.3. The summed E-state index contributed by atoms with van der Waals surface area (Å²) in [5.41, 5.74) is -1.45. The number of carbonyl (C=O) groups is 3. The number of hydrogen-bond donors (Lipinski definition) is 1. The third kappa shape index (κ3) is 8.56. The lowest BCUT2D eigenvalue weighted by atomic mass is 9.82. The number of Topliss-reactive ketones (excluding diaryl/α,β-unsaturated/α-hetero) is 1. The predicted octanol–water partition coefficient (Wildman–Crippen LogP) is 4.55. The van der Waals surface area contributed by atoms with E-state index in [1.165, 1.54) is 20.1 Å². The van der Waals surface area contributed by atoms with Gasteiger partial charge in [0, 0.05) is 13.3 Å². The molecule has 0 bridgehead atoms. The number of unbranched alkanes of at least 4 members (excludes halogenated alkanes) is 4. The minimum atomic E-state index is -1.45. The van der Waals surface area contributed by atoms with Crippen molar-refractivity contribution < 1.29 is 29.0 Å². The summed E-state index contributed by atoms with van der Waals surface area (Å²) in [6, 6.07) is 0. The van der Waals surface area contributed by atoms with Gasteiger partial charge in [-0.05, 0) is 60.2 Å². The average Bonchev–Trinajstić information content (AvgIpc) is 2.91. The molecule has 0 unspecified atom stereocenters. The van der Waals surface area contributed by atoms with Gasteiger partial charge in [0.15, 0.2) is 5.78 Å². The molecule has 0 saturated carbocycles. The monoisotopic (exact) mass is 484 g/mol. The number of rotatable bonds is 13. The Morgan fingerprint density at radius 3 is 2.57 bits per heavy atom. The van der Waals surface area contributed by atoms with E-state index in [9.17, 15) is 19.5 Å². The van der Waals surface area contributed by atoms with Gasteiger partial charge in [-0.1, -0.05) is 38.0 Å². The minimum Gasteiger partial charge on any atom is -0.469 e. The number of esters is 2. The van der Waals surface area contributed by atoms with Crippen LogP contribution in [0.4, 0.5) is 0 Å². The second-order valence-corrected chi connectivity index (χ2v) is 8.32. The summed E-state index contributed by atoms with van der Waals surface area (Å²) >= 11 is 3.23. The molecule has 0 heterocycles. The highest BCUT2D eigenvalue weighted by molar-refractivity contribution is 9.12. The third-order valence-electron chi connectivity index (χ3n) is 4.95. The number of aliphatic hydroxyl groups is 1. The Morgan fingerprint density at radius 2 is 1.93 bits per heavy atom. The first-order valence-electron chi connectivity index (χ1n) is 10.5. The van der Waals surface area contributed by atoms with Crippen molar-refractivity contribution in [3.63, 3.8) is 0 Å². The first-order valence-corrected chi connectivity index (χ1v) is 11.2. The molecule has 0 aliphatic heterocycles. The molecule has 6 nitrogen and oxygen atoms in total. The fraction of sp³-hybridized carbons (Fsp3) is 0.609. The molecule has 0 aromatic carbocycles. The largest absolute Gasteiger partial charge is 0.469 e. The normalized spacial score (nSPS) is 22.5. The molecule has 1 N–H and O–H groups in total. The second kappa shape index (κ2) is 13.5. The maximum atomic E-state index is 12.7. The van der Waals surface area contributed by atoms with E-state index >= 15 is 0 Å². The predicted molar refractivity (Wildman–Crippen MR) is 119 cm³/mol. The van der Waals surface area contributed by atoms with Crippen LogP contribution in [0.2, 0.25) is 0 Å². The Hall–Kier alpha value is -1.73. The SMILES string of the molecule is CCCCCC=CC[C@@]1(O)C=C(Br)C(=O)[C@@H]1[C@H](C=CCCCC(=O)OC)OC(C)=O. The molecule has 0 radical (unpaired) electrons. The number of ketones is 1. The lowest BCUT2D eigenvalue weighted by molar-refractivity contribution is -0.152. The van der Waals surface area contributed by atoms with Crippen molar-refractivity contribution in [2.45, 2.75) is 76.9 Å². The summed E-state index contributed by atoms with van der Waals surface area (Å²) in [7, 11) is 1.34. The zero-order chi connectivity index (χ0) is 22.6. The maximum absolute atomic E-state index is 12.7. The van der Waals surface area contributed by atoms with E-state index < -0.39 is 23.6 Å².